The van der Waals surface area contributed by atoms with Crippen molar-refractivity contribution in [2.24, 2.45) is 5.73 Å². The number of anilines is 2. The van der Waals surface area contributed by atoms with Crippen LogP contribution in [0.1, 0.15) is 33.6 Å². The Labute approximate surface area is 797 Å². The van der Waals surface area contributed by atoms with Crippen molar-refractivity contribution >= 4 is 109 Å². The first-order chi connectivity index (χ1) is 67.2. The van der Waals surface area contributed by atoms with Crippen LogP contribution in [0.15, 0.2) is 109 Å². The van der Waals surface area contributed by atoms with Crippen LogP contribution in [0.4, 0.5) is 11.4 Å². The maximum absolute atomic E-state index is 14.0. The average molecular weight is 1920 g/mol. The Balaban J connectivity index is 0.518. The molecule has 0 radical (unpaired) electrons. The van der Waals surface area contributed by atoms with E-state index in [1.807, 2.05) is 60.7 Å². The number of phenolic OH excluding ortho intramolecular Hbond substituents is 2. The van der Waals surface area contributed by atoms with E-state index in [4.69, 9.17) is 73.0 Å². The first-order valence-corrected chi connectivity index (χ1v) is 46.4. The highest BCUT2D eigenvalue weighted by Gasteiger charge is 2.26. The van der Waals surface area contributed by atoms with Gasteiger partial charge in [-0.05, 0) is 123 Å². The van der Waals surface area contributed by atoms with Crippen LogP contribution in [0.3, 0.4) is 0 Å². The van der Waals surface area contributed by atoms with E-state index in [0.717, 1.165) is 108 Å². The molecule has 0 unspecified atom stereocenters. The van der Waals surface area contributed by atoms with E-state index in [0.29, 0.717) is 96.0 Å². The molecule has 0 atom stereocenters. The number of aromatic hydroxyl groups is 2. The third kappa shape index (κ3) is 34.3. The summed E-state index contributed by atoms with van der Waals surface area (Å²) in [4.78, 5) is 161. The molecular weight excluding hydrogens is 1790 g/mol. The Bertz CT molecular complexity index is 5270. The number of aromatic amines is 4. The van der Waals surface area contributed by atoms with Crippen LogP contribution in [0.2, 0.25) is 0 Å². The van der Waals surface area contributed by atoms with Crippen molar-refractivity contribution < 1.29 is 101 Å². The van der Waals surface area contributed by atoms with Crippen molar-refractivity contribution in [2.45, 2.75) is 12.8 Å². The fraction of sp³-hybridized carbons (Fsp3) is 0.479. The molecule has 2 aliphatic heterocycles. The standard InChI is InChI=1S/C94H127N23O21/c1-113-29-33-116(34-30-113)68-55-72(87-78(57-68)109-91(111-87)66-7-13-74-76(53-66)107-89(105-74)64-3-9-70(118)10-4-64)93(127)103-25-41-133-47-51-135-60-83(123)96-18-15-80(120)98-20-27-115(59-82(122)100-22-38-131-45-49-137-63-86(126)102-24-40-132-46-50-138-62-85(125)101-23-39-130-44-43-129-37-17-95)28-21-99-81(121)16-19-97-84(124)61-136-52-48-134-42-26-104-94(128)73-56-69(117-35-31-114(2)32-36-117)58-79-88(73)112-92(110-79)67-8-14-75-77(54-67)108-90(106-75)65-5-11-71(119)12-6-65/h3-14,53-58,118-119H,15-52,59-63,95H2,1-2H3,(H,96,123)(H,97,124)(H,98,120)(H,99,121)(H,100,122)(H,101,125)(H,102,126)(H,103,127)(H,104,128)(H,105,107)(H,106,108)(H,109,111)(H,110,112). The number of amides is 9. The molecule has 10 aromatic rings. The number of nitrogens with zero attached hydrogens (tertiary/aromatic N) is 9. The van der Waals surface area contributed by atoms with Crippen LogP contribution in [-0.4, -0.2) is 402 Å². The number of carbonyl (C=O) groups is 9. The molecule has 0 aliphatic carbocycles. The van der Waals surface area contributed by atoms with Crippen molar-refractivity contribution in [2.75, 3.05) is 293 Å². The molecule has 2 fully saturated rings. The highest BCUT2D eigenvalue weighted by molar-refractivity contribution is 6.08. The van der Waals surface area contributed by atoms with Crippen LogP contribution >= 0.6 is 0 Å². The smallest absolute Gasteiger partial charge is 0.253 e. The fourth-order valence-corrected chi connectivity index (χ4v) is 14.8. The van der Waals surface area contributed by atoms with Gasteiger partial charge in [-0.15, -0.1) is 0 Å². The number of aromatic nitrogens is 8. The van der Waals surface area contributed by atoms with Gasteiger partial charge in [-0.3, -0.25) is 48.1 Å². The van der Waals surface area contributed by atoms with E-state index in [2.05, 4.69) is 101 Å². The number of imidazole rings is 4. The van der Waals surface area contributed by atoms with Gasteiger partial charge in [-0.25, -0.2) is 19.9 Å². The number of ether oxygens (including phenoxy) is 10. The number of carbonyl (C=O) groups excluding carboxylic acids is 9. The highest BCUT2D eigenvalue weighted by atomic mass is 16.5. The molecule has 744 valence electrons. The minimum atomic E-state index is -0.451. The lowest BCUT2D eigenvalue weighted by atomic mass is 10.1. The van der Waals surface area contributed by atoms with Gasteiger partial charge < -0.3 is 151 Å². The van der Waals surface area contributed by atoms with Crippen molar-refractivity contribution in [1.29, 1.82) is 0 Å². The van der Waals surface area contributed by atoms with E-state index >= 15 is 0 Å². The average Bonchev–Trinajstić information content (AvgIpc) is 1.63. The van der Waals surface area contributed by atoms with Gasteiger partial charge in [-0.1, -0.05) is 0 Å². The first kappa shape index (κ1) is 104. The highest BCUT2D eigenvalue weighted by Crippen LogP contribution is 2.34. The lowest BCUT2D eigenvalue weighted by Crippen LogP contribution is -2.45. The number of piperazine rings is 2. The molecule has 12 rings (SSSR count). The van der Waals surface area contributed by atoms with Crippen LogP contribution < -0.4 is 63.4 Å². The minimum absolute atomic E-state index is 0.00911. The van der Waals surface area contributed by atoms with E-state index in [1.54, 1.807) is 53.4 Å². The third-order valence-corrected chi connectivity index (χ3v) is 22.2. The molecule has 44 nitrogen and oxygen atoms in total. The van der Waals surface area contributed by atoms with Crippen molar-refractivity contribution in [3.63, 3.8) is 0 Å². The van der Waals surface area contributed by atoms with Crippen molar-refractivity contribution in [1.82, 2.24) is 102 Å². The number of hydrogen-bond acceptors (Lipinski definition) is 31. The molecule has 9 amide bonds. The Kier molecular flexibility index (Phi) is 42.2. The second kappa shape index (κ2) is 56.1. The molecule has 0 saturated carbocycles. The summed E-state index contributed by atoms with van der Waals surface area (Å²) >= 11 is 0. The van der Waals surface area contributed by atoms with Crippen LogP contribution in [0, 0.1) is 0 Å². The topological polar surface area (TPSA) is 552 Å². The number of nitrogens with two attached hydrogens (primary N) is 1. The second-order valence-electron chi connectivity index (χ2n) is 32.7. The summed E-state index contributed by atoms with van der Waals surface area (Å²) in [5.74, 6) is -0.527. The molecular formula is C94H127N23O21. The molecule has 0 bridgehead atoms. The molecule has 17 N–H and O–H groups in total. The zero-order chi connectivity index (χ0) is 97.0. The number of H-pyrrole nitrogens is 4. The lowest BCUT2D eigenvalue weighted by molar-refractivity contribution is -0.127. The Hall–Kier alpha value is -12.9. The van der Waals surface area contributed by atoms with Crippen molar-refractivity contribution in [3.05, 3.63) is 120 Å². The summed E-state index contributed by atoms with van der Waals surface area (Å²) < 4.78 is 54.9. The normalized spacial score (nSPS) is 13.1. The predicted molar refractivity (Wildman–Crippen MR) is 515 cm³/mol. The van der Waals surface area contributed by atoms with Crippen molar-refractivity contribution in [3.8, 4) is 57.1 Å². The largest absolute Gasteiger partial charge is 0.508 e. The monoisotopic (exact) mass is 1910 g/mol. The van der Waals surface area contributed by atoms with Gasteiger partial charge in [0, 0.05) is 177 Å². The van der Waals surface area contributed by atoms with Gasteiger partial charge in [0.25, 0.3) is 11.8 Å². The molecule has 6 heterocycles. The SMILES string of the molecule is CN1CCN(c2cc(C(=O)NCCOCCOCC(=O)NCCC(=O)NCCN(CCNC(=O)CCNC(=O)COCCOCCNC(=O)c3cc(N4CCN(C)CC4)cc4[nH]c(-c5ccc6nc(-c7ccc(O)cc7)[nH]c6c5)nc34)CC(=O)NCCOCCOCC(=O)NCCOCCOCC(=O)NCCOCCOCCN)c3nc(-c4ccc5nc(-c6ccc(O)cc6)[nH]c5c4)[nH]c3c2)CC1. The van der Waals surface area contributed by atoms with Crippen LogP contribution in [0.25, 0.3) is 89.7 Å². The van der Waals surface area contributed by atoms with Gasteiger partial charge in [0.15, 0.2) is 0 Å². The van der Waals surface area contributed by atoms with Crippen LogP contribution in [-0.2, 0) is 80.9 Å². The second-order valence-corrected chi connectivity index (χ2v) is 32.7. The zero-order valence-corrected chi connectivity index (χ0v) is 78.1. The van der Waals surface area contributed by atoms with E-state index < -0.39 is 11.8 Å². The number of fused-ring (bicyclic) bond motifs is 4. The Morgan fingerprint density at radius 2 is 0.645 bits per heavy atom. The maximum Gasteiger partial charge on any atom is 0.253 e. The summed E-state index contributed by atoms with van der Waals surface area (Å²) in [5, 5.41) is 44.7. The van der Waals surface area contributed by atoms with Crippen LogP contribution in [0.5, 0.6) is 11.5 Å². The quantitative estimate of drug-likeness (QED) is 0.0236. The van der Waals surface area contributed by atoms with E-state index in [9.17, 15) is 53.4 Å². The summed E-state index contributed by atoms with van der Waals surface area (Å²) in [7, 11) is 4.17. The van der Waals surface area contributed by atoms with Gasteiger partial charge in [0.2, 0.25) is 41.4 Å². The summed E-state index contributed by atoms with van der Waals surface area (Å²) in [6, 6.07) is 33.0. The number of phenols is 2. The third-order valence-electron chi connectivity index (χ3n) is 22.2. The first-order valence-electron chi connectivity index (χ1n) is 46.4. The minimum Gasteiger partial charge on any atom is -0.508 e. The Morgan fingerprint density at radius 3 is 1.01 bits per heavy atom. The summed E-state index contributed by atoms with van der Waals surface area (Å²) in [6.45, 7) is 11.0. The van der Waals surface area contributed by atoms with E-state index in [-0.39, 0.29) is 243 Å². The summed E-state index contributed by atoms with van der Waals surface area (Å²) in [6.07, 6.45) is -0.122. The van der Waals surface area contributed by atoms with Gasteiger partial charge in [0.05, 0.1) is 156 Å². The fourth-order valence-electron chi connectivity index (χ4n) is 14.8. The molecule has 2 saturated heterocycles. The number of hydrogen-bond donors (Lipinski definition) is 16. The predicted octanol–water partition coefficient (Wildman–Crippen LogP) is 0.955. The number of rotatable bonds is 62. The molecule has 2 aliphatic rings. The maximum atomic E-state index is 14.0. The number of likely N-dealkylation sites (N-methyl/N-ethyl adjacent to an activating group) is 2. The molecule has 0 spiro atoms. The molecule has 4 aromatic heterocycles. The van der Waals surface area contributed by atoms with Gasteiger partial charge >= 0.3 is 0 Å². The number of benzene rings is 6. The summed E-state index contributed by atoms with van der Waals surface area (Å²) in [5.41, 5.74) is 16.7. The van der Waals surface area contributed by atoms with E-state index in [1.165, 1.54) is 0 Å². The zero-order valence-electron chi connectivity index (χ0n) is 78.1. The molecule has 44 heteroatoms. The van der Waals surface area contributed by atoms with Gasteiger partial charge in [0.1, 0.15) is 72.3 Å². The van der Waals surface area contributed by atoms with Gasteiger partial charge in [-0.2, -0.15) is 0 Å². The molecule has 138 heavy (non-hydrogen) atoms. The lowest BCUT2D eigenvalue weighted by Gasteiger charge is -2.34. The molecule has 6 aromatic carbocycles. The Morgan fingerprint density at radius 1 is 0.333 bits per heavy atom. The number of nitrogens with one attached hydrogen (secondary N) is 13.